The van der Waals surface area contributed by atoms with Gasteiger partial charge in [-0.3, -0.25) is 0 Å². The molecule has 2 rings (SSSR count). The summed E-state index contributed by atoms with van der Waals surface area (Å²) >= 11 is 0. The van der Waals surface area contributed by atoms with Crippen molar-refractivity contribution in [1.29, 1.82) is 0 Å². The van der Waals surface area contributed by atoms with Crippen molar-refractivity contribution in [2.75, 3.05) is 7.11 Å². The molecule has 0 atom stereocenters. The van der Waals surface area contributed by atoms with Crippen LogP contribution in [0.15, 0.2) is 18.2 Å². The second kappa shape index (κ2) is 9.43. The van der Waals surface area contributed by atoms with Crippen molar-refractivity contribution in [3.8, 4) is 5.75 Å². The summed E-state index contributed by atoms with van der Waals surface area (Å²) in [7, 11) is 1.51. The minimum atomic E-state index is -0.912. The van der Waals surface area contributed by atoms with E-state index < -0.39 is 5.97 Å². The van der Waals surface area contributed by atoms with Crippen LogP contribution in [0.2, 0.25) is 0 Å². The van der Waals surface area contributed by atoms with Gasteiger partial charge in [-0.25, -0.2) is 4.79 Å². The highest BCUT2D eigenvalue weighted by Crippen LogP contribution is 2.33. The van der Waals surface area contributed by atoms with Gasteiger partial charge in [-0.15, -0.1) is 0 Å². The molecule has 1 aromatic rings. The Balaban J connectivity index is 0.00000200. The maximum absolute atomic E-state index is 11.3. The molecule has 3 heteroatoms. The van der Waals surface area contributed by atoms with E-state index in [0.29, 0.717) is 11.7 Å². The van der Waals surface area contributed by atoms with Crippen LogP contribution in [0.5, 0.6) is 5.75 Å². The van der Waals surface area contributed by atoms with Gasteiger partial charge in [-0.05, 0) is 36.5 Å². The Morgan fingerprint density at radius 2 is 1.67 bits per heavy atom. The third kappa shape index (κ3) is 5.07. The first kappa shape index (κ1) is 19.5. The normalized spacial score (nSPS) is 15.9. The highest BCUT2D eigenvalue weighted by molar-refractivity contribution is 5.91. The number of benzene rings is 1. The molecule has 1 N–H and O–H groups in total. The number of ether oxygens (including phenoxy) is 1. The van der Waals surface area contributed by atoms with E-state index in [1.165, 1.54) is 52.1 Å². The van der Waals surface area contributed by atoms with Crippen LogP contribution in [0.3, 0.4) is 0 Å². The minimum Gasteiger partial charge on any atom is -0.496 e. The molecule has 120 valence electrons. The van der Waals surface area contributed by atoms with Crippen molar-refractivity contribution < 1.29 is 14.6 Å². The van der Waals surface area contributed by atoms with Crippen LogP contribution in [-0.4, -0.2) is 18.2 Å². The maximum atomic E-state index is 11.3. The Kier molecular flexibility index (Phi) is 8.75. The summed E-state index contributed by atoms with van der Waals surface area (Å²) in [6.45, 7) is 0. The van der Waals surface area contributed by atoms with E-state index in [2.05, 4.69) is 0 Å². The predicted octanol–water partition coefficient (Wildman–Crippen LogP) is 5.49. The van der Waals surface area contributed by atoms with E-state index in [1.807, 2.05) is 6.07 Å². The highest BCUT2D eigenvalue weighted by Gasteiger charge is 2.17. The van der Waals surface area contributed by atoms with Gasteiger partial charge in [0.15, 0.2) is 0 Å². The van der Waals surface area contributed by atoms with E-state index in [-0.39, 0.29) is 20.4 Å². The molecule has 0 unspecified atom stereocenters. The lowest BCUT2D eigenvalue weighted by molar-refractivity contribution is 0.0693. The third-order valence-electron chi connectivity index (χ3n) is 4.03. The molecule has 0 saturated heterocycles. The van der Waals surface area contributed by atoms with Gasteiger partial charge in [0.1, 0.15) is 11.3 Å². The first-order valence-electron chi connectivity index (χ1n) is 7.13. The number of carboxylic acid groups (broad SMARTS) is 1. The summed E-state index contributed by atoms with van der Waals surface area (Å²) in [5.41, 5.74) is 1.43. The Bertz CT molecular complexity index is 432. The lowest BCUT2D eigenvalue weighted by Crippen LogP contribution is -2.06. The lowest BCUT2D eigenvalue weighted by Gasteiger charge is -2.21. The summed E-state index contributed by atoms with van der Waals surface area (Å²) in [6, 6.07) is 5.61. The van der Waals surface area contributed by atoms with Crippen LogP contribution >= 0.6 is 0 Å². The largest absolute Gasteiger partial charge is 0.496 e. The zero-order valence-corrected chi connectivity index (χ0v) is 11.5. The number of rotatable bonds is 3. The van der Waals surface area contributed by atoms with Gasteiger partial charge >= 0.3 is 5.97 Å². The first-order valence-corrected chi connectivity index (χ1v) is 7.13. The van der Waals surface area contributed by atoms with Gasteiger partial charge in [0.25, 0.3) is 0 Å². The Morgan fingerprint density at radius 1 is 1.10 bits per heavy atom. The fourth-order valence-electron chi connectivity index (χ4n) is 2.94. The number of carbonyl (C=O) groups is 1. The average Bonchev–Trinajstić information content (AvgIpc) is 2.37. The van der Waals surface area contributed by atoms with Gasteiger partial charge in [-0.2, -0.15) is 0 Å². The Hall–Kier alpha value is -1.51. The minimum absolute atomic E-state index is 0. The van der Waals surface area contributed by atoms with Crippen molar-refractivity contribution in [1.82, 2.24) is 0 Å². The second-order valence-electron chi connectivity index (χ2n) is 5.31. The maximum Gasteiger partial charge on any atom is 0.339 e. The molecule has 0 heterocycles. The van der Waals surface area contributed by atoms with Gasteiger partial charge in [0.2, 0.25) is 0 Å². The number of hydrogen-bond donors (Lipinski definition) is 1. The van der Waals surface area contributed by atoms with Gasteiger partial charge in [-0.1, -0.05) is 53.0 Å². The quantitative estimate of drug-likeness (QED) is 0.801. The van der Waals surface area contributed by atoms with Crippen molar-refractivity contribution >= 4 is 5.97 Å². The van der Waals surface area contributed by atoms with Crippen molar-refractivity contribution in [2.45, 2.75) is 65.7 Å². The molecule has 0 aromatic heterocycles. The number of carboxylic acids is 1. The number of aromatic carboxylic acids is 1. The van der Waals surface area contributed by atoms with Crippen LogP contribution in [0.4, 0.5) is 0 Å². The summed E-state index contributed by atoms with van der Waals surface area (Å²) in [6.07, 6.45) is 8.79. The molecule has 3 nitrogen and oxygen atoms in total. The SMILES string of the molecule is C.C.COc1ccc(C2CCCCCCC2)cc1C(=O)O. The molecular formula is C18H30O3. The first-order chi connectivity index (χ1) is 9.22. The number of methoxy groups -OCH3 is 1. The summed E-state index contributed by atoms with van der Waals surface area (Å²) in [5.74, 6) is 0.0379. The molecule has 1 fully saturated rings. The Morgan fingerprint density at radius 3 is 2.19 bits per heavy atom. The smallest absolute Gasteiger partial charge is 0.339 e. The molecule has 0 spiro atoms. The third-order valence-corrected chi connectivity index (χ3v) is 4.03. The van der Waals surface area contributed by atoms with E-state index in [0.717, 1.165) is 5.56 Å². The Labute approximate surface area is 129 Å². The second-order valence-corrected chi connectivity index (χ2v) is 5.31. The highest BCUT2D eigenvalue weighted by atomic mass is 16.5. The molecule has 0 amide bonds. The zero-order chi connectivity index (χ0) is 13.7. The predicted molar refractivity (Wildman–Crippen MR) is 88.5 cm³/mol. The van der Waals surface area contributed by atoms with Crippen molar-refractivity contribution in [3.05, 3.63) is 29.3 Å². The van der Waals surface area contributed by atoms with Crippen LogP contribution in [0.25, 0.3) is 0 Å². The van der Waals surface area contributed by atoms with E-state index in [9.17, 15) is 9.90 Å². The standard InChI is InChI=1S/C16H22O3.2CH4/c1-19-15-10-9-13(11-14(15)16(17)18)12-7-5-3-2-4-6-8-12;;/h9-12H,2-8H2,1H3,(H,17,18);2*1H4. The van der Waals surface area contributed by atoms with E-state index in [4.69, 9.17) is 4.74 Å². The molecule has 1 aromatic carbocycles. The number of hydrogen-bond acceptors (Lipinski definition) is 2. The summed E-state index contributed by atoms with van der Waals surface area (Å²) in [4.78, 5) is 11.3. The average molecular weight is 294 g/mol. The van der Waals surface area contributed by atoms with Gasteiger partial charge < -0.3 is 9.84 Å². The monoisotopic (exact) mass is 294 g/mol. The van der Waals surface area contributed by atoms with Gasteiger partial charge in [0, 0.05) is 0 Å². The van der Waals surface area contributed by atoms with E-state index in [1.54, 1.807) is 12.1 Å². The molecule has 0 radical (unpaired) electrons. The van der Waals surface area contributed by atoms with Crippen LogP contribution < -0.4 is 4.74 Å². The van der Waals surface area contributed by atoms with Crippen LogP contribution in [0, 0.1) is 0 Å². The molecule has 0 bridgehead atoms. The molecule has 1 saturated carbocycles. The van der Waals surface area contributed by atoms with Gasteiger partial charge in [0.05, 0.1) is 7.11 Å². The fraction of sp³-hybridized carbons (Fsp3) is 0.611. The van der Waals surface area contributed by atoms with Crippen LogP contribution in [-0.2, 0) is 0 Å². The lowest BCUT2D eigenvalue weighted by atomic mass is 9.85. The topological polar surface area (TPSA) is 46.5 Å². The molecule has 1 aliphatic carbocycles. The molecule has 21 heavy (non-hydrogen) atoms. The molecule has 1 aliphatic rings. The molecule has 0 aliphatic heterocycles. The molecular weight excluding hydrogens is 264 g/mol. The van der Waals surface area contributed by atoms with Crippen molar-refractivity contribution in [2.24, 2.45) is 0 Å². The fourth-order valence-corrected chi connectivity index (χ4v) is 2.94. The van der Waals surface area contributed by atoms with E-state index >= 15 is 0 Å². The van der Waals surface area contributed by atoms with Crippen molar-refractivity contribution in [3.63, 3.8) is 0 Å². The zero-order valence-electron chi connectivity index (χ0n) is 11.5. The summed E-state index contributed by atoms with van der Waals surface area (Å²) < 4.78 is 5.11. The summed E-state index contributed by atoms with van der Waals surface area (Å²) in [5, 5.41) is 9.24. The van der Waals surface area contributed by atoms with Crippen LogP contribution in [0.1, 0.15) is 81.6 Å².